The number of urea groups is 1. The number of rotatable bonds is 2. The summed E-state index contributed by atoms with van der Waals surface area (Å²) >= 11 is 0. The van der Waals surface area contributed by atoms with Crippen LogP contribution in [-0.4, -0.2) is 67.6 Å². The van der Waals surface area contributed by atoms with E-state index in [4.69, 9.17) is 0 Å². The molecule has 0 saturated carbocycles. The standard InChI is InChI=1S/C9H16N4O2/c14-8(13-6-3-11-9(13)15)7-12-4-1-10-2-5-12/h10H,1-7H2,(H,11,15). The number of hydrogen-bond acceptors (Lipinski definition) is 4. The molecule has 6 nitrogen and oxygen atoms in total. The highest BCUT2D eigenvalue weighted by Crippen LogP contribution is 2.00. The zero-order valence-corrected chi connectivity index (χ0v) is 8.66. The van der Waals surface area contributed by atoms with E-state index in [1.165, 1.54) is 4.90 Å². The van der Waals surface area contributed by atoms with Gasteiger partial charge in [-0.05, 0) is 0 Å². The van der Waals surface area contributed by atoms with Crippen LogP contribution in [0.4, 0.5) is 4.79 Å². The second kappa shape index (κ2) is 4.59. The smallest absolute Gasteiger partial charge is 0.324 e. The number of amides is 3. The fraction of sp³-hybridized carbons (Fsp3) is 0.778. The molecule has 2 heterocycles. The highest BCUT2D eigenvalue weighted by atomic mass is 16.2. The van der Waals surface area contributed by atoms with Gasteiger partial charge >= 0.3 is 6.03 Å². The second-order valence-electron chi connectivity index (χ2n) is 3.80. The van der Waals surface area contributed by atoms with Gasteiger partial charge in [0, 0.05) is 39.3 Å². The van der Waals surface area contributed by atoms with Gasteiger partial charge in [0.2, 0.25) is 5.91 Å². The number of hydrogen-bond donors (Lipinski definition) is 2. The first-order chi connectivity index (χ1) is 7.27. The maximum absolute atomic E-state index is 11.7. The van der Waals surface area contributed by atoms with Crippen LogP contribution in [-0.2, 0) is 4.79 Å². The molecule has 0 spiro atoms. The highest BCUT2D eigenvalue weighted by molar-refractivity contribution is 5.96. The molecule has 3 amide bonds. The SMILES string of the molecule is O=C(CN1CCNCC1)N1CCNC1=O. The van der Waals surface area contributed by atoms with Crippen molar-refractivity contribution >= 4 is 11.9 Å². The lowest BCUT2D eigenvalue weighted by Crippen LogP contribution is -2.48. The molecule has 2 fully saturated rings. The Labute approximate surface area is 88.6 Å². The lowest BCUT2D eigenvalue weighted by Gasteiger charge is -2.27. The minimum absolute atomic E-state index is 0.0908. The molecular weight excluding hydrogens is 196 g/mol. The van der Waals surface area contributed by atoms with Crippen molar-refractivity contribution in [3.05, 3.63) is 0 Å². The Kier molecular flexibility index (Phi) is 3.17. The van der Waals surface area contributed by atoms with Crippen molar-refractivity contribution in [2.24, 2.45) is 0 Å². The number of imide groups is 1. The molecule has 2 aliphatic rings. The summed E-state index contributed by atoms with van der Waals surface area (Å²) in [6.07, 6.45) is 0. The van der Waals surface area contributed by atoms with Crippen molar-refractivity contribution in [3.63, 3.8) is 0 Å². The van der Waals surface area contributed by atoms with Gasteiger partial charge in [0.1, 0.15) is 0 Å². The normalized spacial score (nSPS) is 22.9. The van der Waals surface area contributed by atoms with Gasteiger partial charge in [0.15, 0.2) is 0 Å². The molecule has 0 atom stereocenters. The van der Waals surface area contributed by atoms with Gasteiger partial charge in [0.25, 0.3) is 0 Å². The molecule has 6 heteroatoms. The highest BCUT2D eigenvalue weighted by Gasteiger charge is 2.27. The summed E-state index contributed by atoms with van der Waals surface area (Å²) in [5.74, 6) is -0.0908. The fourth-order valence-electron chi connectivity index (χ4n) is 1.86. The number of carbonyl (C=O) groups is 2. The van der Waals surface area contributed by atoms with E-state index in [-0.39, 0.29) is 11.9 Å². The second-order valence-corrected chi connectivity index (χ2v) is 3.80. The van der Waals surface area contributed by atoms with E-state index in [0.717, 1.165) is 26.2 Å². The molecular formula is C9H16N4O2. The summed E-state index contributed by atoms with van der Waals surface area (Å²) in [5.41, 5.74) is 0. The van der Waals surface area contributed by atoms with E-state index in [9.17, 15) is 9.59 Å². The van der Waals surface area contributed by atoms with Gasteiger partial charge in [-0.25, -0.2) is 4.79 Å². The molecule has 2 aliphatic heterocycles. The van der Waals surface area contributed by atoms with E-state index in [0.29, 0.717) is 19.6 Å². The molecule has 0 aliphatic carbocycles. The zero-order valence-electron chi connectivity index (χ0n) is 8.66. The van der Waals surface area contributed by atoms with Crippen molar-refractivity contribution in [3.8, 4) is 0 Å². The predicted molar refractivity (Wildman–Crippen MR) is 54.4 cm³/mol. The summed E-state index contributed by atoms with van der Waals surface area (Å²) in [6.45, 7) is 5.02. The first-order valence-corrected chi connectivity index (χ1v) is 5.28. The van der Waals surface area contributed by atoms with Gasteiger partial charge in [-0.2, -0.15) is 0 Å². The Morgan fingerprint density at radius 3 is 2.53 bits per heavy atom. The van der Waals surface area contributed by atoms with E-state index in [1.807, 2.05) is 0 Å². The average molecular weight is 212 g/mol. The summed E-state index contributed by atoms with van der Waals surface area (Å²) in [4.78, 5) is 26.3. The minimum atomic E-state index is -0.255. The van der Waals surface area contributed by atoms with Crippen LogP contribution in [0.1, 0.15) is 0 Å². The van der Waals surface area contributed by atoms with Crippen LogP contribution in [0.25, 0.3) is 0 Å². The van der Waals surface area contributed by atoms with Crippen LogP contribution in [0.3, 0.4) is 0 Å². The van der Waals surface area contributed by atoms with Crippen LogP contribution < -0.4 is 10.6 Å². The Morgan fingerprint density at radius 1 is 1.20 bits per heavy atom. The Morgan fingerprint density at radius 2 is 1.93 bits per heavy atom. The van der Waals surface area contributed by atoms with Gasteiger partial charge in [-0.3, -0.25) is 14.6 Å². The van der Waals surface area contributed by atoms with Crippen LogP contribution in [0.15, 0.2) is 0 Å². The number of nitrogens with zero attached hydrogens (tertiary/aromatic N) is 2. The Balaban J connectivity index is 1.82. The van der Waals surface area contributed by atoms with Crippen molar-refractivity contribution in [1.82, 2.24) is 20.4 Å². The molecule has 0 radical (unpaired) electrons. The van der Waals surface area contributed by atoms with Crippen LogP contribution in [0.2, 0.25) is 0 Å². The summed E-state index contributed by atoms with van der Waals surface area (Å²) in [5, 5.41) is 5.84. The first kappa shape index (κ1) is 10.4. The number of nitrogens with one attached hydrogen (secondary N) is 2. The van der Waals surface area contributed by atoms with Crippen molar-refractivity contribution < 1.29 is 9.59 Å². The van der Waals surface area contributed by atoms with E-state index in [1.54, 1.807) is 0 Å². The molecule has 2 saturated heterocycles. The van der Waals surface area contributed by atoms with Gasteiger partial charge < -0.3 is 10.6 Å². The Bertz CT molecular complexity index is 263. The molecule has 0 unspecified atom stereocenters. The zero-order chi connectivity index (χ0) is 10.7. The summed E-state index contributed by atoms with van der Waals surface area (Å²) in [7, 11) is 0. The molecule has 0 aromatic rings. The van der Waals surface area contributed by atoms with E-state index >= 15 is 0 Å². The maximum atomic E-state index is 11.7. The molecule has 2 rings (SSSR count). The monoisotopic (exact) mass is 212 g/mol. The third kappa shape index (κ3) is 2.45. The molecule has 2 N–H and O–H groups in total. The van der Waals surface area contributed by atoms with Gasteiger partial charge in [-0.1, -0.05) is 0 Å². The quantitative estimate of drug-likeness (QED) is 0.581. The summed E-state index contributed by atoms with van der Waals surface area (Å²) < 4.78 is 0. The van der Waals surface area contributed by atoms with Crippen LogP contribution >= 0.6 is 0 Å². The molecule has 15 heavy (non-hydrogen) atoms. The van der Waals surface area contributed by atoms with Crippen molar-refractivity contribution in [1.29, 1.82) is 0 Å². The van der Waals surface area contributed by atoms with Crippen molar-refractivity contribution in [2.75, 3.05) is 45.8 Å². The maximum Gasteiger partial charge on any atom is 0.324 e. The largest absolute Gasteiger partial charge is 0.336 e. The molecule has 0 aromatic heterocycles. The Hall–Kier alpha value is -1.14. The topological polar surface area (TPSA) is 64.7 Å². The number of carbonyl (C=O) groups excluding carboxylic acids is 2. The lowest BCUT2D eigenvalue weighted by atomic mass is 10.3. The van der Waals surface area contributed by atoms with Crippen molar-refractivity contribution in [2.45, 2.75) is 0 Å². The van der Waals surface area contributed by atoms with E-state index in [2.05, 4.69) is 15.5 Å². The molecule has 0 aromatic carbocycles. The molecule has 0 bridgehead atoms. The number of piperazine rings is 1. The first-order valence-electron chi connectivity index (χ1n) is 5.28. The van der Waals surface area contributed by atoms with Crippen LogP contribution in [0.5, 0.6) is 0 Å². The lowest BCUT2D eigenvalue weighted by molar-refractivity contribution is -0.128. The van der Waals surface area contributed by atoms with Gasteiger partial charge in [-0.15, -0.1) is 0 Å². The predicted octanol–water partition coefficient (Wildman–Crippen LogP) is -1.56. The van der Waals surface area contributed by atoms with Crippen LogP contribution in [0, 0.1) is 0 Å². The van der Waals surface area contributed by atoms with E-state index < -0.39 is 0 Å². The third-order valence-corrected chi connectivity index (χ3v) is 2.73. The van der Waals surface area contributed by atoms with Gasteiger partial charge in [0.05, 0.1) is 6.54 Å². The molecule has 84 valence electrons. The summed E-state index contributed by atoms with van der Waals surface area (Å²) in [6, 6.07) is -0.255. The minimum Gasteiger partial charge on any atom is -0.336 e. The fourth-order valence-corrected chi connectivity index (χ4v) is 1.86. The average Bonchev–Trinajstić information content (AvgIpc) is 2.66. The third-order valence-electron chi connectivity index (χ3n) is 2.73.